The van der Waals surface area contributed by atoms with Gasteiger partial charge in [0, 0.05) is 31.7 Å². The highest BCUT2D eigenvalue weighted by atomic mass is 15.1. The first kappa shape index (κ1) is 9.96. The van der Waals surface area contributed by atoms with Crippen LogP contribution in [0.15, 0.2) is 0 Å². The highest BCUT2D eigenvalue weighted by Gasteiger charge is 2.10. The molecule has 0 spiro atoms. The Morgan fingerprint density at radius 2 is 2.25 bits per heavy atom. The summed E-state index contributed by atoms with van der Waals surface area (Å²) >= 11 is 0. The summed E-state index contributed by atoms with van der Waals surface area (Å²) in [7, 11) is 0. The molecular weight excluding hydrogens is 150 g/mol. The molecule has 0 aliphatic carbocycles. The zero-order valence-electron chi connectivity index (χ0n) is 8.19. The summed E-state index contributed by atoms with van der Waals surface area (Å²) in [5.41, 5.74) is 0. The van der Waals surface area contributed by atoms with Crippen LogP contribution in [0.3, 0.4) is 0 Å². The fourth-order valence-corrected chi connectivity index (χ4v) is 1.46. The monoisotopic (exact) mass is 171 g/mol. The quantitative estimate of drug-likeness (QED) is 0.554. The molecule has 1 unspecified atom stereocenters. The van der Waals surface area contributed by atoms with Crippen LogP contribution in [-0.4, -0.2) is 38.3 Å². The Balaban J connectivity index is 1.98. The minimum absolute atomic E-state index is 0.613. The zero-order valence-corrected chi connectivity index (χ0v) is 8.19. The molecule has 0 aromatic heterocycles. The normalized spacial score (nSPS) is 24.8. The molecule has 0 radical (unpaired) electrons. The molecule has 1 heterocycles. The fraction of sp³-hybridized carbons (Fsp3) is 1.00. The van der Waals surface area contributed by atoms with Gasteiger partial charge >= 0.3 is 0 Å². The Labute approximate surface area is 75.3 Å². The Morgan fingerprint density at radius 3 is 2.83 bits per heavy atom. The largest absolute Gasteiger partial charge is 0.314 e. The molecule has 0 amide bonds. The van der Waals surface area contributed by atoms with Crippen molar-refractivity contribution in [2.45, 2.75) is 32.4 Å². The number of rotatable bonds is 4. The second kappa shape index (κ2) is 5.51. The van der Waals surface area contributed by atoms with Crippen molar-refractivity contribution in [1.29, 1.82) is 0 Å². The van der Waals surface area contributed by atoms with Crippen molar-refractivity contribution < 1.29 is 0 Å². The van der Waals surface area contributed by atoms with Crippen LogP contribution in [0.25, 0.3) is 0 Å². The van der Waals surface area contributed by atoms with Gasteiger partial charge in [-0.25, -0.2) is 0 Å². The Kier molecular flexibility index (Phi) is 4.58. The van der Waals surface area contributed by atoms with E-state index >= 15 is 0 Å². The standard InChI is InChI=1S/C9H21N3/c1-8(2)11-4-3-9-7-10-5-6-12-9/h8-12H,3-7H2,1-2H3. The van der Waals surface area contributed by atoms with Crippen LogP contribution in [0.2, 0.25) is 0 Å². The molecule has 72 valence electrons. The number of hydrogen-bond donors (Lipinski definition) is 3. The summed E-state index contributed by atoms with van der Waals surface area (Å²) < 4.78 is 0. The molecule has 1 aliphatic heterocycles. The van der Waals surface area contributed by atoms with Gasteiger partial charge in [0.05, 0.1) is 0 Å². The van der Waals surface area contributed by atoms with Crippen molar-refractivity contribution >= 4 is 0 Å². The van der Waals surface area contributed by atoms with E-state index in [9.17, 15) is 0 Å². The van der Waals surface area contributed by atoms with E-state index in [0.717, 1.165) is 26.2 Å². The van der Waals surface area contributed by atoms with Gasteiger partial charge in [-0.3, -0.25) is 0 Å². The lowest BCUT2D eigenvalue weighted by Crippen LogP contribution is -2.49. The van der Waals surface area contributed by atoms with Crippen molar-refractivity contribution in [3.63, 3.8) is 0 Å². The van der Waals surface area contributed by atoms with Crippen LogP contribution in [0.4, 0.5) is 0 Å². The average Bonchev–Trinajstić information content (AvgIpc) is 2.05. The van der Waals surface area contributed by atoms with Crippen molar-refractivity contribution in [3.05, 3.63) is 0 Å². The summed E-state index contributed by atoms with van der Waals surface area (Å²) in [6.07, 6.45) is 1.23. The Hall–Kier alpha value is -0.120. The third kappa shape index (κ3) is 4.04. The van der Waals surface area contributed by atoms with Crippen molar-refractivity contribution in [2.75, 3.05) is 26.2 Å². The van der Waals surface area contributed by atoms with Gasteiger partial charge in [0.1, 0.15) is 0 Å². The predicted molar refractivity (Wildman–Crippen MR) is 52.4 cm³/mol. The summed E-state index contributed by atoms with van der Waals surface area (Å²) in [6.45, 7) is 8.86. The molecule has 3 N–H and O–H groups in total. The molecule has 1 atom stereocenters. The van der Waals surface area contributed by atoms with E-state index in [-0.39, 0.29) is 0 Å². The SMILES string of the molecule is CC(C)NCCC1CNCCN1. The maximum atomic E-state index is 3.49. The molecule has 0 aromatic carbocycles. The first-order valence-electron chi connectivity index (χ1n) is 4.96. The molecule has 3 nitrogen and oxygen atoms in total. The molecule has 1 rings (SSSR count). The van der Waals surface area contributed by atoms with Crippen LogP contribution in [0.5, 0.6) is 0 Å². The van der Waals surface area contributed by atoms with Crippen LogP contribution in [-0.2, 0) is 0 Å². The topological polar surface area (TPSA) is 36.1 Å². The zero-order chi connectivity index (χ0) is 8.81. The Bertz CT molecular complexity index is 108. The average molecular weight is 171 g/mol. The van der Waals surface area contributed by atoms with Gasteiger partial charge in [0.2, 0.25) is 0 Å². The third-order valence-corrected chi connectivity index (χ3v) is 2.17. The lowest BCUT2D eigenvalue weighted by Gasteiger charge is -2.24. The Morgan fingerprint density at radius 1 is 1.42 bits per heavy atom. The lowest BCUT2D eigenvalue weighted by atomic mass is 10.1. The fourth-order valence-electron chi connectivity index (χ4n) is 1.46. The smallest absolute Gasteiger partial charge is 0.0205 e. The molecule has 1 fully saturated rings. The predicted octanol–water partition coefficient (Wildman–Crippen LogP) is -0.0641. The van der Waals surface area contributed by atoms with Crippen molar-refractivity contribution in [1.82, 2.24) is 16.0 Å². The van der Waals surface area contributed by atoms with E-state index in [2.05, 4.69) is 29.8 Å². The van der Waals surface area contributed by atoms with Gasteiger partial charge in [-0.05, 0) is 13.0 Å². The molecule has 12 heavy (non-hydrogen) atoms. The first-order valence-corrected chi connectivity index (χ1v) is 4.96. The van der Waals surface area contributed by atoms with Crippen molar-refractivity contribution in [2.24, 2.45) is 0 Å². The highest BCUT2D eigenvalue weighted by molar-refractivity contribution is 4.76. The van der Waals surface area contributed by atoms with Crippen LogP contribution < -0.4 is 16.0 Å². The highest BCUT2D eigenvalue weighted by Crippen LogP contribution is 1.92. The molecule has 0 bridgehead atoms. The molecule has 3 heteroatoms. The van der Waals surface area contributed by atoms with Crippen molar-refractivity contribution in [3.8, 4) is 0 Å². The number of hydrogen-bond acceptors (Lipinski definition) is 3. The molecule has 0 saturated carbocycles. The molecule has 1 saturated heterocycles. The molecular formula is C9H21N3. The third-order valence-electron chi connectivity index (χ3n) is 2.17. The van der Waals surface area contributed by atoms with Crippen LogP contribution in [0, 0.1) is 0 Å². The van der Waals surface area contributed by atoms with Gasteiger partial charge in [-0.1, -0.05) is 13.8 Å². The number of piperazine rings is 1. The van der Waals surface area contributed by atoms with Gasteiger partial charge in [-0.2, -0.15) is 0 Å². The second-order valence-electron chi connectivity index (χ2n) is 3.75. The molecule has 1 aliphatic rings. The van der Waals surface area contributed by atoms with E-state index in [4.69, 9.17) is 0 Å². The first-order chi connectivity index (χ1) is 5.79. The summed E-state index contributed by atoms with van der Waals surface area (Å²) in [5, 5.41) is 10.3. The van der Waals surface area contributed by atoms with Gasteiger partial charge < -0.3 is 16.0 Å². The van der Waals surface area contributed by atoms with Gasteiger partial charge in [0.15, 0.2) is 0 Å². The molecule has 0 aromatic rings. The van der Waals surface area contributed by atoms with E-state index in [1.807, 2.05) is 0 Å². The van der Waals surface area contributed by atoms with E-state index in [1.165, 1.54) is 6.42 Å². The summed E-state index contributed by atoms with van der Waals surface area (Å²) in [6, 6.07) is 1.28. The van der Waals surface area contributed by atoms with Crippen LogP contribution in [0.1, 0.15) is 20.3 Å². The lowest BCUT2D eigenvalue weighted by molar-refractivity contribution is 0.387. The van der Waals surface area contributed by atoms with Gasteiger partial charge in [-0.15, -0.1) is 0 Å². The minimum Gasteiger partial charge on any atom is -0.314 e. The summed E-state index contributed by atoms with van der Waals surface area (Å²) in [4.78, 5) is 0. The van der Waals surface area contributed by atoms with Gasteiger partial charge in [0.25, 0.3) is 0 Å². The number of nitrogens with one attached hydrogen (secondary N) is 3. The maximum Gasteiger partial charge on any atom is 0.0205 e. The summed E-state index contributed by atoms with van der Waals surface area (Å²) in [5.74, 6) is 0. The van der Waals surface area contributed by atoms with E-state index in [0.29, 0.717) is 12.1 Å². The maximum absolute atomic E-state index is 3.49. The van der Waals surface area contributed by atoms with E-state index in [1.54, 1.807) is 0 Å². The van der Waals surface area contributed by atoms with E-state index < -0.39 is 0 Å². The second-order valence-corrected chi connectivity index (χ2v) is 3.75. The minimum atomic E-state index is 0.613. The van der Waals surface area contributed by atoms with Crippen LogP contribution >= 0.6 is 0 Å².